The van der Waals surface area contributed by atoms with Gasteiger partial charge in [-0.3, -0.25) is 4.79 Å². The minimum Gasteiger partial charge on any atom is -0.486 e. The number of carbonyl (C=O) groups excluding carboxylic acids is 2. The minimum absolute atomic E-state index is 0.132. The fourth-order valence-corrected chi connectivity index (χ4v) is 5.62. The summed E-state index contributed by atoms with van der Waals surface area (Å²) in [5.74, 6) is 2.25. The van der Waals surface area contributed by atoms with Crippen molar-refractivity contribution in [2.24, 2.45) is 0 Å². The summed E-state index contributed by atoms with van der Waals surface area (Å²) < 4.78 is 10.7. The third kappa shape index (κ3) is 5.96. The molecular formula is C33H37N7O4. The molecule has 0 radical (unpaired) electrons. The van der Waals surface area contributed by atoms with Crippen molar-refractivity contribution in [2.75, 3.05) is 26.7 Å². The van der Waals surface area contributed by atoms with Crippen LogP contribution in [0.25, 0.3) is 44.2 Å². The normalized spacial score (nSPS) is 12.1. The van der Waals surface area contributed by atoms with Gasteiger partial charge in [-0.15, -0.1) is 0 Å². The quantitative estimate of drug-likeness (QED) is 0.153. The van der Waals surface area contributed by atoms with Gasteiger partial charge in [0.2, 0.25) is 5.91 Å². The Morgan fingerprint density at radius 3 is 2.66 bits per heavy atom. The van der Waals surface area contributed by atoms with Gasteiger partial charge in [-0.25, -0.2) is 14.8 Å². The molecule has 3 heterocycles. The molecule has 0 bridgehead atoms. The first-order valence-corrected chi connectivity index (χ1v) is 15.0. The van der Waals surface area contributed by atoms with Gasteiger partial charge >= 0.3 is 6.09 Å². The van der Waals surface area contributed by atoms with E-state index in [0.29, 0.717) is 32.1 Å². The number of carbonyl (C=O) groups is 2. The van der Waals surface area contributed by atoms with Crippen LogP contribution in [0.5, 0.6) is 5.75 Å². The van der Waals surface area contributed by atoms with E-state index >= 15 is 0 Å². The summed E-state index contributed by atoms with van der Waals surface area (Å²) in [4.78, 5) is 42.3. The number of amides is 2. The molecule has 3 aromatic carbocycles. The number of hydrogen-bond donors (Lipinski definition) is 4. The molecule has 4 N–H and O–H groups in total. The number of aromatic amines is 2. The molecule has 44 heavy (non-hydrogen) atoms. The molecule has 0 aliphatic carbocycles. The molecule has 6 rings (SSSR count). The van der Waals surface area contributed by atoms with E-state index in [-0.39, 0.29) is 12.5 Å². The second-order valence-electron chi connectivity index (χ2n) is 10.9. The maximum absolute atomic E-state index is 12.8. The third-order valence-electron chi connectivity index (χ3n) is 7.77. The number of hydrogen-bond acceptors (Lipinski definition) is 7. The second kappa shape index (κ2) is 12.8. The molecule has 1 aliphatic heterocycles. The van der Waals surface area contributed by atoms with Gasteiger partial charge in [0, 0.05) is 17.5 Å². The van der Waals surface area contributed by atoms with Gasteiger partial charge in [-0.2, -0.15) is 0 Å². The zero-order valence-electron chi connectivity index (χ0n) is 25.3. The Kier molecular flexibility index (Phi) is 8.47. The molecule has 1 aliphatic rings. The van der Waals surface area contributed by atoms with Gasteiger partial charge < -0.3 is 35.0 Å². The molecule has 2 aromatic heterocycles. The molecule has 0 spiro atoms. The first-order valence-electron chi connectivity index (χ1n) is 15.0. The van der Waals surface area contributed by atoms with Crippen LogP contribution >= 0.6 is 0 Å². The Morgan fingerprint density at radius 1 is 1.00 bits per heavy atom. The van der Waals surface area contributed by atoms with Gasteiger partial charge in [0.15, 0.2) is 0 Å². The summed E-state index contributed by atoms with van der Waals surface area (Å²) in [5, 5.41) is 7.98. The molecule has 0 unspecified atom stereocenters. The van der Waals surface area contributed by atoms with Crippen LogP contribution in [0.2, 0.25) is 0 Å². The molecular weight excluding hydrogens is 558 g/mol. The van der Waals surface area contributed by atoms with Crippen LogP contribution in [0.15, 0.2) is 48.5 Å². The average molecular weight is 596 g/mol. The SMILES string of the molecule is CCCNCc1nc2c([nH]1)-c1ccc(-c3ccc4c(ccc5nc(CN(CCC)C(=O)CNC(=O)OC)[nH]c54)c3)cc1OC2. The van der Waals surface area contributed by atoms with E-state index < -0.39 is 6.09 Å². The van der Waals surface area contributed by atoms with E-state index in [1.807, 2.05) is 13.0 Å². The van der Waals surface area contributed by atoms with Crippen molar-refractivity contribution in [1.29, 1.82) is 0 Å². The van der Waals surface area contributed by atoms with E-state index in [9.17, 15) is 9.59 Å². The Balaban J connectivity index is 1.23. The van der Waals surface area contributed by atoms with Crippen LogP contribution < -0.4 is 15.4 Å². The number of nitrogens with one attached hydrogen (secondary N) is 4. The third-order valence-corrected chi connectivity index (χ3v) is 7.77. The summed E-state index contributed by atoms with van der Waals surface area (Å²) in [6.07, 6.45) is 1.23. The highest BCUT2D eigenvalue weighted by molar-refractivity contribution is 6.05. The Labute approximate surface area is 255 Å². The van der Waals surface area contributed by atoms with Crippen molar-refractivity contribution in [3.63, 3.8) is 0 Å². The van der Waals surface area contributed by atoms with Gasteiger partial charge in [-0.1, -0.05) is 38.1 Å². The number of imidazole rings is 2. The van der Waals surface area contributed by atoms with Gasteiger partial charge in [0.1, 0.15) is 36.2 Å². The summed E-state index contributed by atoms with van der Waals surface area (Å²) >= 11 is 0. The highest BCUT2D eigenvalue weighted by Gasteiger charge is 2.22. The number of rotatable bonds is 11. The lowest BCUT2D eigenvalue weighted by Gasteiger charge is -2.21. The van der Waals surface area contributed by atoms with Crippen molar-refractivity contribution < 1.29 is 19.1 Å². The van der Waals surface area contributed by atoms with Crippen LogP contribution in [0.1, 0.15) is 44.0 Å². The number of ether oxygens (including phenoxy) is 2. The topological polar surface area (TPSA) is 137 Å². The first-order chi connectivity index (χ1) is 21.5. The summed E-state index contributed by atoms with van der Waals surface area (Å²) in [6.45, 7) is 6.99. The van der Waals surface area contributed by atoms with Crippen LogP contribution in [0.4, 0.5) is 4.79 Å². The number of methoxy groups -OCH3 is 1. The number of benzene rings is 3. The summed E-state index contributed by atoms with van der Waals surface area (Å²) in [7, 11) is 1.27. The van der Waals surface area contributed by atoms with Gasteiger partial charge in [0.05, 0.1) is 36.9 Å². The van der Waals surface area contributed by atoms with E-state index in [2.05, 4.69) is 74.7 Å². The molecule has 0 atom stereocenters. The standard InChI is InChI=1S/C33H37N7O4/c1-4-12-34-16-28-37-26-19-44-27-15-21(7-10-24(27)32(26)38-28)20-6-9-23-22(14-20)8-11-25-31(23)39-29(36-25)18-40(13-5-2)30(41)17-35-33(42)43-3/h6-11,14-15,34H,4-5,12-13,16-19H2,1-3H3,(H,35,42)(H,36,39)(H,37,38). The molecule has 0 saturated heterocycles. The first kappa shape index (κ1) is 29.2. The van der Waals surface area contributed by atoms with Crippen LogP contribution in [-0.4, -0.2) is 63.6 Å². The van der Waals surface area contributed by atoms with Crippen LogP contribution in [0, 0.1) is 0 Å². The lowest BCUT2D eigenvalue weighted by atomic mass is 9.97. The molecule has 11 heteroatoms. The van der Waals surface area contributed by atoms with Crippen LogP contribution in [-0.2, 0) is 29.2 Å². The van der Waals surface area contributed by atoms with Crippen molar-refractivity contribution in [1.82, 2.24) is 35.5 Å². The second-order valence-corrected chi connectivity index (χ2v) is 10.9. The maximum Gasteiger partial charge on any atom is 0.407 e. The van der Waals surface area contributed by atoms with Crippen molar-refractivity contribution in [2.45, 2.75) is 46.4 Å². The lowest BCUT2D eigenvalue weighted by Crippen LogP contribution is -2.40. The molecule has 0 saturated carbocycles. The Hall–Kier alpha value is -4.90. The zero-order valence-corrected chi connectivity index (χ0v) is 25.3. The zero-order chi connectivity index (χ0) is 30.6. The molecule has 0 fully saturated rings. The molecule has 5 aromatic rings. The summed E-state index contributed by atoms with van der Waals surface area (Å²) in [6, 6.07) is 16.8. The predicted octanol–water partition coefficient (Wildman–Crippen LogP) is 5.26. The van der Waals surface area contributed by atoms with Gasteiger partial charge in [0.25, 0.3) is 0 Å². The number of H-pyrrole nitrogens is 2. The van der Waals surface area contributed by atoms with Crippen molar-refractivity contribution in [3.05, 3.63) is 65.9 Å². The number of nitrogens with zero attached hydrogens (tertiary/aromatic N) is 3. The summed E-state index contributed by atoms with van der Waals surface area (Å²) in [5.41, 5.74) is 6.89. The highest BCUT2D eigenvalue weighted by Crippen LogP contribution is 2.39. The maximum atomic E-state index is 12.8. The lowest BCUT2D eigenvalue weighted by molar-refractivity contribution is -0.130. The van der Waals surface area contributed by atoms with E-state index in [1.165, 1.54) is 7.11 Å². The van der Waals surface area contributed by atoms with Crippen LogP contribution in [0.3, 0.4) is 0 Å². The van der Waals surface area contributed by atoms with E-state index in [4.69, 9.17) is 14.7 Å². The number of alkyl carbamates (subject to hydrolysis) is 1. The van der Waals surface area contributed by atoms with E-state index in [0.717, 1.165) is 80.8 Å². The van der Waals surface area contributed by atoms with E-state index in [1.54, 1.807) is 4.90 Å². The van der Waals surface area contributed by atoms with Gasteiger partial charge in [-0.05, 0) is 60.2 Å². The average Bonchev–Trinajstić information content (AvgIpc) is 3.66. The fourth-order valence-electron chi connectivity index (χ4n) is 5.62. The largest absolute Gasteiger partial charge is 0.486 e. The van der Waals surface area contributed by atoms with Crippen molar-refractivity contribution in [3.8, 4) is 28.1 Å². The number of aromatic nitrogens is 4. The monoisotopic (exact) mass is 595 g/mol. The predicted molar refractivity (Wildman–Crippen MR) is 169 cm³/mol. The molecule has 228 valence electrons. The minimum atomic E-state index is -0.635. The fraction of sp³-hybridized carbons (Fsp3) is 0.333. The Morgan fingerprint density at radius 2 is 1.84 bits per heavy atom. The smallest absolute Gasteiger partial charge is 0.407 e. The Bertz CT molecular complexity index is 1830. The number of fused-ring (bicyclic) bond motifs is 6. The van der Waals surface area contributed by atoms with Crippen molar-refractivity contribution >= 4 is 33.8 Å². The molecule has 11 nitrogen and oxygen atoms in total. The molecule has 2 amide bonds. The highest BCUT2D eigenvalue weighted by atomic mass is 16.5.